The number of hydrogen-bond acceptors (Lipinski definition) is 11. The van der Waals surface area contributed by atoms with E-state index in [1.165, 1.54) is 30.3 Å². The standard InChI is InChI=1S/C29H29N5O8S2.Li/c1-3-23(35)19-42-24-14-9-20(2)28(17-24)32-31-22-12-10-21(11-13-22)30-27-16-15-26(18-29(27)34(36)37)44(40,41)33-43(38,39)25-7-5-4-6-8-25;/h4-18,23,30,33,35H,3,19H2,1-2H3;. The van der Waals surface area contributed by atoms with Gasteiger partial charge in [-0.25, -0.2) is 16.8 Å². The normalized spacial score (nSPS) is 12.3. The number of nitro benzene ring substituents is 1. The van der Waals surface area contributed by atoms with Gasteiger partial charge in [-0.15, -0.1) is 4.13 Å². The maximum atomic E-state index is 12.8. The van der Waals surface area contributed by atoms with E-state index in [0.717, 1.165) is 17.7 Å². The summed E-state index contributed by atoms with van der Waals surface area (Å²) < 4.78 is 57.9. The molecule has 45 heavy (non-hydrogen) atoms. The van der Waals surface area contributed by atoms with Crippen molar-refractivity contribution in [1.82, 2.24) is 4.13 Å². The summed E-state index contributed by atoms with van der Waals surface area (Å²) in [5.74, 6) is 0.547. The quantitative estimate of drug-likeness (QED) is 0.0729. The van der Waals surface area contributed by atoms with Crippen LogP contribution in [0.15, 0.2) is 111 Å². The molecule has 0 aliphatic heterocycles. The molecule has 231 valence electrons. The molecule has 4 aromatic rings. The van der Waals surface area contributed by atoms with Crippen molar-refractivity contribution in [3.05, 3.63) is 107 Å². The first-order chi connectivity index (χ1) is 20.9. The summed E-state index contributed by atoms with van der Waals surface area (Å²) in [6.07, 6.45) is 0.00446. The van der Waals surface area contributed by atoms with Crippen molar-refractivity contribution in [2.75, 3.05) is 11.9 Å². The number of anilines is 2. The predicted molar refractivity (Wildman–Crippen MR) is 170 cm³/mol. The molecule has 1 unspecified atom stereocenters. The van der Waals surface area contributed by atoms with Gasteiger partial charge in [0.1, 0.15) is 18.0 Å². The van der Waals surface area contributed by atoms with E-state index in [9.17, 15) is 32.1 Å². The molecule has 0 aliphatic carbocycles. The third-order valence-corrected chi connectivity index (χ3v) is 9.79. The van der Waals surface area contributed by atoms with Gasteiger partial charge in [0.25, 0.3) is 25.7 Å². The van der Waals surface area contributed by atoms with Crippen LogP contribution < -0.4 is 14.2 Å². The Labute approximate surface area is 272 Å². The Morgan fingerprint density at radius 3 is 2.20 bits per heavy atom. The molecule has 3 N–H and O–H groups in total. The van der Waals surface area contributed by atoms with Crippen LogP contribution in [0.4, 0.5) is 28.4 Å². The van der Waals surface area contributed by atoms with Gasteiger partial charge < -0.3 is 15.2 Å². The van der Waals surface area contributed by atoms with Crippen LogP contribution in [0.1, 0.15) is 18.9 Å². The largest absolute Gasteiger partial charge is 0.491 e. The molecule has 0 fully saturated rings. The Hall–Kier alpha value is -4.10. The van der Waals surface area contributed by atoms with Crippen LogP contribution in [-0.4, -0.2) is 58.4 Å². The van der Waals surface area contributed by atoms with Gasteiger partial charge in [-0.05, 0) is 73.5 Å². The molecule has 13 nitrogen and oxygen atoms in total. The van der Waals surface area contributed by atoms with Crippen molar-refractivity contribution in [3.8, 4) is 5.75 Å². The molecule has 0 saturated carbocycles. The second kappa shape index (κ2) is 15.3. The van der Waals surface area contributed by atoms with Gasteiger partial charge in [-0.1, -0.05) is 31.2 Å². The number of benzene rings is 4. The predicted octanol–water partition coefficient (Wildman–Crippen LogP) is 5.50. The molecule has 0 saturated heterocycles. The molecule has 1 atom stereocenters. The van der Waals surface area contributed by atoms with Crippen molar-refractivity contribution < 1.29 is 31.6 Å². The summed E-state index contributed by atoms with van der Waals surface area (Å²) in [5.41, 5.74) is 1.76. The summed E-state index contributed by atoms with van der Waals surface area (Å²) in [7, 11) is -9.12. The average Bonchev–Trinajstić information content (AvgIpc) is 3.00. The molecular weight excluding hydrogens is 617 g/mol. The van der Waals surface area contributed by atoms with E-state index in [2.05, 4.69) is 15.5 Å². The number of sulfonamides is 2. The average molecular weight is 647 g/mol. The van der Waals surface area contributed by atoms with E-state index < -0.39 is 41.7 Å². The Balaban J connectivity index is 0.00000552. The molecule has 1 radical (unpaired) electrons. The number of aryl methyl sites for hydroxylation is 1. The summed E-state index contributed by atoms with van der Waals surface area (Å²) in [4.78, 5) is 10.1. The molecule has 0 heterocycles. The van der Waals surface area contributed by atoms with Gasteiger partial charge >= 0.3 is 0 Å². The first-order valence-corrected chi connectivity index (χ1v) is 16.2. The molecule has 0 bridgehead atoms. The van der Waals surface area contributed by atoms with E-state index >= 15 is 0 Å². The minimum absolute atomic E-state index is 0. The zero-order valence-corrected chi connectivity index (χ0v) is 26.2. The summed E-state index contributed by atoms with van der Waals surface area (Å²) >= 11 is 0. The van der Waals surface area contributed by atoms with E-state index in [1.807, 2.05) is 19.9 Å². The Morgan fingerprint density at radius 2 is 1.56 bits per heavy atom. The van der Waals surface area contributed by atoms with E-state index in [1.54, 1.807) is 46.6 Å². The Morgan fingerprint density at radius 1 is 0.889 bits per heavy atom. The van der Waals surface area contributed by atoms with Crippen molar-refractivity contribution in [2.24, 2.45) is 10.2 Å². The third-order valence-electron chi connectivity index (χ3n) is 6.26. The van der Waals surface area contributed by atoms with Crippen LogP contribution in [0, 0.1) is 17.0 Å². The zero-order chi connectivity index (χ0) is 31.9. The van der Waals surface area contributed by atoms with Gasteiger partial charge in [0.15, 0.2) is 0 Å². The van der Waals surface area contributed by atoms with Crippen LogP contribution in [-0.2, 0) is 20.0 Å². The maximum Gasteiger partial charge on any atom is 0.294 e. The third kappa shape index (κ3) is 9.44. The smallest absolute Gasteiger partial charge is 0.294 e. The topological polar surface area (TPSA) is 190 Å². The van der Waals surface area contributed by atoms with Gasteiger partial charge in [0.05, 0.1) is 32.2 Å². The molecule has 0 aliphatic rings. The van der Waals surface area contributed by atoms with Crippen molar-refractivity contribution in [3.63, 3.8) is 0 Å². The van der Waals surface area contributed by atoms with Gasteiger partial charge in [-0.3, -0.25) is 10.1 Å². The monoisotopic (exact) mass is 646 g/mol. The number of aliphatic hydroxyl groups is 1. The minimum Gasteiger partial charge on any atom is -0.491 e. The molecule has 4 rings (SSSR count). The summed E-state index contributed by atoms with van der Waals surface area (Å²) in [6, 6.07) is 21.7. The van der Waals surface area contributed by atoms with Crippen LogP contribution >= 0.6 is 0 Å². The fourth-order valence-corrected chi connectivity index (χ4v) is 6.71. The molecule has 16 heteroatoms. The number of nitrogens with zero attached hydrogens (tertiary/aromatic N) is 3. The SMILES string of the molecule is CCC(O)COc1ccc(C)c(N=Nc2ccc(Nc3ccc(S(=O)(=O)NS(=O)(=O)c4ccccc4)cc3[N+](=O)[O-])cc2)c1.[Li]. The fraction of sp³-hybridized carbons (Fsp3) is 0.172. The van der Waals surface area contributed by atoms with Crippen LogP contribution in [0.25, 0.3) is 0 Å². The number of hydrogen-bond donors (Lipinski definition) is 3. The molecule has 0 spiro atoms. The van der Waals surface area contributed by atoms with Crippen LogP contribution in [0.3, 0.4) is 0 Å². The number of ether oxygens (including phenoxy) is 1. The number of azo groups is 1. The number of nitrogens with one attached hydrogen (secondary N) is 2. The first kappa shape index (κ1) is 35.4. The summed E-state index contributed by atoms with van der Waals surface area (Å²) in [6.45, 7) is 3.89. The van der Waals surface area contributed by atoms with Crippen molar-refractivity contribution in [1.29, 1.82) is 0 Å². The molecular formula is C29H29LiN5O8S2. The Kier molecular flexibility index (Phi) is 12.0. The maximum absolute atomic E-state index is 12.8. The zero-order valence-electron chi connectivity index (χ0n) is 24.6. The van der Waals surface area contributed by atoms with E-state index in [-0.39, 0.29) is 36.1 Å². The summed E-state index contributed by atoms with van der Waals surface area (Å²) in [5, 5.41) is 32.9. The van der Waals surface area contributed by atoms with Crippen molar-refractivity contribution in [2.45, 2.75) is 36.2 Å². The molecule has 0 aromatic heterocycles. The molecule has 4 aromatic carbocycles. The minimum atomic E-state index is -4.67. The van der Waals surface area contributed by atoms with Gasteiger partial charge in [-0.2, -0.15) is 10.2 Å². The van der Waals surface area contributed by atoms with E-state index in [4.69, 9.17) is 4.74 Å². The van der Waals surface area contributed by atoms with Crippen LogP contribution in [0.2, 0.25) is 0 Å². The second-order valence-corrected chi connectivity index (χ2v) is 13.2. The number of rotatable bonds is 13. The molecule has 0 amide bonds. The fourth-order valence-electron chi connectivity index (χ4n) is 3.75. The van der Waals surface area contributed by atoms with Gasteiger partial charge in [0, 0.05) is 36.7 Å². The number of nitro groups is 1. The van der Waals surface area contributed by atoms with Crippen LogP contribution in [0.5, 0.6) is 5.75 Å². The Bertz CT molecular complexity index is 1890. The van der Waals surface area contributed by atoms with Crippen molar-refractivity contribution >= 4 is 67.3 Å². The van der Waals surface area contributed by atoms with E-state index in [0.29, 0.717) is 29.2 Å². The first-order valence-electron chi connectivity index (χ1n) is 13.2. The number of aliphatic hydroxyl groups excluding tert-OH is 1. The second-order valence-electron chi connectivity index (χ2n) is 9.53. The van der Waals surface area contributed by atoms with Gasteiger partial charge in [0.2, 0.25) is 0 Å².